The summed E-state index contributed by atoms with van der Waals surface area (Å²) in [5.41, 5.74) is 1.13. The number of rotatable bonds is 6. The Kier molecular flexibility index (Phi) is 9.92. The minimum Gasteiger partial charge on any atom is -0.444 e. The highest BCUT2D eigenvalue weighted by atomic mass is 35.5. The summed E-state index contributed by atoms with van der Waals surface area (Å²) in [7, 11) is -2.02. The van der Waals surface area contributed by atoms with Gasteiger partial charge in [0.05, 0.1) is 34.7 Å². The van der Waals surface area contributed by atoms with E-state index in [4.69, 9.17) is 44.0 Å². The topological polar surface area (TPSA) is 73.8 Å². The van der Waals surface area contributed by atoms with Gasteiger partial charge in [-0.3, -0.25) is 4.68 Å². The van der Waals surface area contributed by atoms with Crippen LogP contribution in [0.25, 0.3) is 48.6 Å². The number of amides is 1. The molecule has 0 radical (unpaired) electrons. The van der Waals surface area contributed by atoms with Crippen LogP contribution in [0.4, 0.5) is 14.9 Å². The Balaban J connectivity index is 1.42. The summed E-state index contributed by atoms with van der Waals surface area (Å²) < 4.78 is 31.1. The number of hydrogen-bond acceptors (Lipinski definition) is 5. The van der Waals surface area contributed by atoms with Crippen LogP contribution in [0.15, 0.2) is 48.7 Å². The van der Waals surface area contributed by atoms with E-state index in [9.17, 15) is 4.79 Å². The van der Waals surface area contributed by atoms with Crippen molar-refractivity contribution in [3.63, 3.8) is 0 Å². The molecular formula is C39H44Cl2FN5O3Si. The van der Waals surface area contributed by atoms with Crippen LogP contribution in [0.5, 0.6) is 0 Å². The van der Waals surface area contributed by atoms with Crippen molar-refractivity contribution in [2.75, 3.05) is 13.2 Å². The molecule has 12 heteroatoms. The van der Waals surface area contributed by atoms with Crippen molar-refractivity contribution in [2.24, 2.45) is 0 Å². The monoisotopic (exact) mass is 747 g/mol. The quantitative estimate of drug-likeness (QED) is 0.0982. The second-order valence-electron chi connectivity index (χ2n) is 15.9. The molecule has 1 aliphatic rings. The summed E-state index contributed by atoms with van der Waals surface area (Å²) in [4.78, 5) is 23.5. The summed E-state index contributed by atoms with van der Waals surface area (Å²) in [5, 5.41) is 7.64. The number of carbonyl (C=O) groups excluding carboxylic acids is 1. The number of benzene rings is 3. The van der Waals surface area contributed by atoms with Gasteiger partial charge in [0, 0.05) is 30.1 Å². The van der Waals surface area contributed by atoms with Crippen molar-refractivity contribution in [1.82, 2.24) is 19.7 Å². The molecule has 3 heterocycles. The molecule has 1 amide bonds. The molecule has 1 fully saturated rings. The molecule has 1 saturated heterocycles. The van der Waals surface area contributed by atoms with Crippen LogP contribution in [-0.2, 0) is 9.16 Å². The average molecular weight is 749 g/mol. The minimum atomic E-state index is -2.02. The highest BCUT2D eigenvalue weighted by Crippen LogP contribution is 2.45. The number of likely N-dealkylation sites (tertiary alicyclic amines) is 1. The summed E-state index contributed by atoms with van der Waals surface area (Å²) in [6.07, 6.45) is 3.12. The van der Waals surface area contributed by atoms with E-state index in [-0.39, 0.29) is 44.5 Å². The number of halogens is 3. The fourth-order valence-electron chi connectivity index (χ4n) is 6.74. The van der Waals surface area contributed by atoms with E-state index < -0.39 is 19.7 Å². The van der Waals surface area contributed by atoms with Crippen molar-refractivity contribution in [1.29, 1.82) is 0 Å². The Morgan fingerprint density at radius 2 is 1.80 bits per heavy atom. The Labute approximate surface area is 309 Å². The first-order chi connectivity index (χ1) is 23.9. The molecule has 0 aliphatic carbocycles. The van der Waals surface area contributed by atoms with Crippen molar-refractivity contribution >= 4 is 75.9 Å². The molecule has 3 aromatic carbocycles. The Morgan fingerprint density at radius 1 is 1.10 bits per heavy atom. The standard InChI is InChI=1S/C39H44Cl2FN5O3Si/c1-38(2,3)50-37(48)46-18-16-25(20-24(46)17-19-49-51(8,9)39(4,5)6)47-35-27-21-29(40)32(33(42)34(27)45-36(41)28(35)22-44-47)26-14-10-12-23-13-11-15-30(43-7)31(23)26/h10-15,21-22,24-25H,16-20H2,1-6,8-9H3/t24-,25+/m1/s1. The van der Waals surface area contributed by atoms with Gasteiger partial charge in [-0.05, 0) is 80.6 Å². The van der Waals surface area contributed by atoms with Gasteiger partial charge in [-0.1, -0.05) is 80.4 Å². The van der Waals surface area contributed by atoms with Gasteiger partial charge in [-0.15, -0.1) is 0 Å². The fraction of sp³-hybridized carbons (Fsp3) is 0.436. The minimum absolute atomic E-state index is 0.0541. The normalized spacial score (nSPS) is 17.3. The molecule has 0 unspecified atom stereocenters. The first-order valence-corrected chi connectivity index (χ1v) is 21.0. The number of aromatic nitrogens is 3. The Hall–Kier alpha value is -3.75. The molecule has 268 valence electrons. The zero-order chi connectivity index (χ0) is 37.0. The lowest BCUT2D eigenvalue weighted by Crippen LogP contribution is -2.49. The number of piperidine rings is 1. The van der Waals surface area contributed by atoms with Gasteiger partial charge < -0.3 is 14.1 Å². The molecule has 2 aromatic heterocycles. The van der Waals surface area contributed by atoms with E-state index in [1.807, 2.05) is 48.6 Å². The summed E-state index contributed by atoms with van der Waals surface area (Å²) >= 11 is 13.7. The molecule has 8 nitrogen and oxygen atoms in total. The number of pyridine rings is 1. The SMILES string of the molecule is [C-]#[N+]c1cccc2cccc(-c3c(Cl)cc4c(nc(Cl)c5cnn([C@H]6CCN(C(=O)OC(C)(C)C)[C@H](CCO[Si](C)(C)C(C)(C)C)C6)c54)c3F)c12. The predicted molar refractivity (Wildman–Crippen MR) is 207 cm³/mol. The third-order valence-electron chi connectivity index (χ3n) is 10.3. The van der Waals surface area contributed by atoms with Crippen LogP contribution in [0.2, 0.25) is 28.3 Å². The largest absolute Gasteiger partial charge is 0.444 e. The maximum atomic E-state index is 16.8. The number of ether oxygens (including phenoxy) is 1. The van der Waals surface area contributed by atoms with Crippen LogP contribution >= 0.6 is 23.2 Å². The number of fused-ring (bicyclic) bond motifs is 4. The van der Waals surface area contributed by atoms with E-state index in [0.717, 1.165) is 5.39 Å². The van der Waals surface area contributed by atoms with Crippen LogP contribution in [-0.4, -0.2) is 58.9 Å². The zero-order valence-electron chi connectivity index (χ0n) is 30.4. The average Bonchev–Trinajstić information content (AvgIpc) is 3.50. The second-order valence-corrected chi connectivity index (χ2v) is 21.5. The van der Waals surface area contributed by atoms with Gasteiger partial charge in [-0.2, -0.15) is 5.10 Å². The van der Waals surface area contributed by atoms with Gasteiger partial charge in [-0.25, -0.2) is 19.0 Å². The van der Waals surface area contributed by atoms with Gasteiger partial charge in [0.1, 0.15) is 16.3 Å². The molecule has 0 spiro atoms. The van der Waals surface area contributed by atoms with Crippen LogP contribution in [0.3, 0.4) is 0 Å². The molecule has 51 heavy (non-hydrogen) atoms. The molecule has 0 saturated carbocycles. The Bertz CT molecular complexity index is 2200. The van der Waals surface area contributed by atoms with Crippen LogP contribution in [0, 0.1) is 12.4 Å². The number of nitrogens with zero attached hydrogens (tertiary/aromatic N) is 5. The highest BCUT2D eigenvalue weighted by molar-refractivity contribution is 6.74. The summed E-state index contributed by atoms with van der Waals surface area (Å²) in [5.74, 6) is -0.623. The fourth-order valence-corrected chi connectivity index (χ4v) is 8.32. The van der Waals surface area contributed by atoms with Crippen molar-refractivity contribution in [2.45, 2.75) is 96.6 Å². The predicted octanol–water partition coefficient (Wildman–Crippen LogP) is 11.8. The van der Waals surface area contributed by atoms with Gasteiger partial charge >= 0.3 is 6.09 Å². The molecule has 0 bridgehead atoms. The van der Waals surface area contributed by atoms with Crippen LogP contribution in [0.1, 0.15) is 66.8 Å². The lowest BCUT2D eigenvalue weighted by Gasteiger charge is -2.41. The maximum absolute atomic E-state index is 16.8. The molecule has 6 rings (SSSR count). The maximum Gasteiger partial charge on any atom is 0.410 e. The lowest BCUT2D eigenvalue weighted by molar-refractivity contribution is 0.00199. The second kappa shape index (κ2) is 13.7. The summed E-state index contributed by atoms with van der Waals surface area (Å²) in [6.45, 7) is 25.4. The van der Waals surface area contributed by atoms with Gasteiger partial charge in [0.25, 0.3) is 0 Å². The first kappa shape index (κ1) is 37.0. The highest BCUT2D eigenvalue weighted by Gasteiger charge is 2.39. The number of carbonyl (C=O) groups is 1. The van der Waals surface area contributed by atoms with Gasteiger partial charge in [0.15, 0.2) is 19.8 Å². The van der Waals surface area contributed by atoms with E-state index in [2.05, 4.69) is 43.7 Å². The van der Waals surface area contributed by atoms with Crippen molar-refractivity contribution < 1.29 is 18.3 Å². The summed E-state index contributed by atoms with van der Waals surface area (Å²) in [6, 6.07) is 12.3. The molecular weight excluding hydrogens is 704 g/mol. The number of hydrogen-bond donors (Lipinski definition) is 0. The van der Waals surface area contributed by atoms with E-state index in [1.54, 1.807) is 30.5 Å². The Morgan fingerprint density at radius 3 is 2.47 bits per heavy atom. The molecule has 5 aromatic rings. The van der Waals surface area contributed by atoms with Crippen molar-refractivity contribution in [3.05, 3.63) is 76.1 Å². The van der Waals surface area contributed by atoms with E-state index in [1.165, 1.54) is 0 Å². The lowest BCUT2D eigenvalue weighted by atomic mass is 9.94. The third kappa shape index (κ3) is 7.06. The van der Waals surface area contributed by atoms with Crippen LogP contribution < -0.4 is 0 Å². The first-order valence-electron chi connectivity index (χ1n) is 17.3. The molecule has 1 aliphatic heterocycles. The zero-order valence-corrected chi connectivity index (χ0v) is 32.9. The van der Waals surface area contributed by atoms with Crippen molar-refractivity contribution in [3.8, 4) is 11.1 Å². The molecule has 2 atom stereocenters. The van der Waals surface area contributed by atoms with E-state index >= 15 is 4.39 Å². The van der Waals surface area contributed by atoms with Gasteiger partial charge in [0.2, 0.25) is 0 Å². The third-order valence-corrected chi connectivity index (χ3v) is 15.5. The smallest absolute Gasteiger partial charge is 0.410 e. The molecule has 0 N–H and O–H groups in total. The van der Waals surface area contributed by atoms with E-state index in [0.29, 0.717) is 65.3 Å².